The number of nitrogens with zero attached hydrogens (tertiary/aromatic N) is 2. The molecule has 5 rings (SSSR count). The second kappa shape index (κ2) is 10.3. The van der Waals surface area contributed by atoms with E-state index < -0.39 is 0 Å². The van der Waals surface area contributed by atoms with Gasteiger partial charge >= 0.3 is 0 Å². The van der Waals surface area contributed by atoms with Gasteiger partial charge in [-0.25, -0.2) is 0 Å². The molecule has 2 aliphatic rings. The molecule has 2 aliphatic heterocycles. The number of aromatic amines is 1. The number of benzene rings is 1. The Morgan fingerprint density at radius 1 is 1.19 bits per heavy atom. The molecule has 4 heterocycles. The number of rotatable bonds is 6. The zero-order chi connectivity index (χ0) is 25.3. The molecule has 0 radical (unpaired) electrons. The Kier molecular flexibility index (Phi) is 7.18. The summed E-state index contributed by atoms with van der Waals surface area (Å²) in [7, 11) is 0. The van der Waals surface area contributed by atoms with Gasteiger partial charge in [0.25, 0.3) is 0 Å². The number of ether oxygens (including phenoxy) is 1. The van der Waals surface area contributed by atoms with Crippen LogP contribution in [0.4, 0.5) is 0 Å². The highest BCUT2D eigenvalue weighted by Crippen LogP contribution is 2.38. The highest BCUT2D eigenvalue weighted by molar-refractivity contribution is 5.92. The van der Waals surface area contributed by atoms with Gasteiger partial charge < -0.3 is 19.9 Å². The third kappa shape index (κ3) is 5.21. The molecule has 1 aromatic carbocycles. The number of amides is 1. The van der Waals surface area contributed by atoms with Gasteiger partial charge in [0.15, 0.2) is 0 Å². The molecule has 0 spiro atoms. The number of pyridine rings is 1. The van der Waals surface area contributed by atoms with Gasteiger partial charge in [0.05, 0.1) is 12.2 Å². The molecule has 3 aromatic rings. The topological polar surface area (TPSA) is 70.2 Å². The first-order chi connectivity index (χ1) is 17.3. The third-order valence-corrected chi connectivity index (χ3v) is 8.21. The van der Waals surface area contributed by atoms with Gasteiger partial charge in [0.2, 0.25) is 5.91 Å². The Labute approximate surface area is 214 Å². The van der Waals surface area contributed by atoms with Crippen molar-refractivity contribution in [2.24, 2.45) is 0 Å². The fraction of sp³-hybridized carbons (Fsp3) is 0.533. The molecule has 0 unspecified atom stereocenters. The van der Waals surface area contributed by atoms with E-state index in [9.17, 15) is 4.79 Å². The number of hydrogen-bond acceptors (Lipinski definition) is 4. The molecule has 36 heavy (non-hydrogen) atoms. The summed E-state index contributed by atoms with van der Waals surface area (Å²) in [5.74, 6) is 1.12. The molecule has 2 saturated heterocycles. The summed E-state index contributed by atoms with van der Waals surface area (Å²) >= 11 is 0. The largest absolute Gasteiger partial charge is 0.381 e. The van der Waals surface area contributed by atoms with E-state index in [-0.39, 0.29) is 11.4 Å². The quantitative estimate of drug-likeness (QED) is 0.479. The van der Waals surface area contributed by atoms with Crippen molar-refractivity contribution >= 4 is 16.8 Å². The van der Waals surface area contributed by atoms with Crippen LogP contribution in [0, 0.1) is 6.92 Å². The normalized spacial score (nSPS) is 18.8. The Morgan fingerprint density at radius 2 is 1.94 bits per heavy atom. The number of aryl methyl sites for hydroxylation is 1. The van der Waals surface area contributed by atoms with E-state index in [4.69, 9.17) is 4.74 Å². The SMILES string of the molecule is Cc1cc(-c2[nH]c3ccc(C4CCN(C(=O)CNC5(C)CCOCC5)CC4)cc3c2C(C)C)ccn1. The smallest absolute Gasteiger partial charge is 0.236 e. The average Bonchev–Trinajstić information content (AvgIpc) is 3.27. The van der Waals surface area contributed by atoms with Crippen LogP contribution < -0.4 is 5.32 Å². The highest BCUT2D eigenvalue weighted by atomic mass is 16.5. The van der Waals surface area contributed by atoms with E-state index in [1.807, 2.05) is 18.0 Å². The van der Waals surface area contributed by atoms with E-state index in [1.54, 1.807) is 0 Å². The van der Waals surface area contributed by atoms with E-state index in [1.165, 1.54) is 33.3 Å². The zero-order valence-electron chi connectivity index (χ0n) is 22.2. The lowest BCUT2D eigenvalue weighted by molar-refractivity contribution is -0.131. The number of H-pyrrole nitrogens is 1. The molecule has 0 saturated carbocycles. The van der Waals surface area contributed by atoms with Gasteiger partial charge in [-0.1, -0.05) is 19.9 Å². The minimum atomic E-state index is 0.0140. The number of aromatic nitrogens is 2. The van der Waals surface area contributed by atoms with Crippen LogP contribution >= 0.6 is 0 Å². The van der Waals surface area contributed by atoms with Crippen LogP contribution in [0.25, 0.3) is 22.2 Å². The van der Waals surface area contributed by atoms with Crippen LogP contribution in [-0.4, -0.2) is 59.2 Å². The second-order valence-corrected chi connectivity index (χ2v) is 11.2. The molecule has 0 atom stereocenters. The molecule has 2 aromatic heterocycles. The van der Waals surface area contributed by atoms with Crippen molar-refractivity contribution in [3.05, 3.63) is 53.3 Å². The second-order valence-electron chi connectivity index (χ2n) is 11.2. The van der Waals surface area contributed by atoms with Crippen molar-refractivity contribution in [3.63, 3.8) is 0 Å². The van der Waals surface area contributed by atoms with Gasteiger partial charge in [0, 0.05) is 60.2 Å². The standard InChI is InChI=1S/C30H40N4O2/c1-20(2)28-25-18-23(5-6-26(25)33-29(28)24-7-12-31-21(3)17-24)22-8-13-34(14-9-22)27(35)19-32-30(4)10-15-36-16-11-30/h5-7,12,17-18,20,22,32-33H,8-11,13-16,19H2,1-4H3. The van der Waals surface area contributed by atoms with Crippen molar-refractivity contribution in [2.75, 3.05) is 32.8 Å². The molecular formula is C30H40N4O2. The van der Waals surface area contributed by atoms with Gasteiger partial charge in [-0.05, 0) is 86.8 Å². The molecule has 6 heteroatoms. The Bertz CT molecular complexity index is 1220. The van der Waals surface area contributed by atoms with E-state index in [2.05, 4.69) is 66.4 Å². The molecule has 1 amide bonds. The summed E-state index contributed by atoms with van der Waals surface area (Å²) in [6, 6.07) is 11.2. The molecule has 6 nitrogen and oxygen atoms in total. The predicted molar refractivity (Wildman–Crippen MR) is 145 cm³/mol. The summed E-state index contributed by atoms with van der Waals surface area (Å²) in [5.41, 5.74) is 7.39. The van der Waals surface area contributed by atoms with Crippen LogP contribution in [0.1, 0.15) is 75.1 Å². The first-order valence-electron chi connectivity index (χ1n) is 13.5. The van der Waals surface area contributed by atoms with Crippen molar-refractivity contribution in [3.8, 4) is 11.3 Å². The highest BCUT2D eigenvalue weighted by Gasteiger charge is 2.29. The lowest BCUT2D eigenvalue weighted by Gasteiger charge is -2.36. The van der Waals surface area contributed by atoms with Gasteiger partial charge in [-0.15, -0.1) is 0 Å². The number of nitrogens with one attached hydrogen (secondary N) is 2. The lowest BCUT2D eigenvalue weighted by Crippen LogP contribution is -2.51. The average molecular weight is 489 g/mol. The Balaban J connectivity index is 1.28. The number of hydrogen-bond donors (Lipinski definition) is 2. The van der Waals surface area contributed by atoms with Crippen molar-refractivity contribution < 1.29 is 9.53 Å². The summed E-state index contributed by atoms with van der Waals surface area (Å²) in [6.45, 7) is 12.4. The monoisotopic (exact) mass is 488 g/mol. The minimum absolute atomic E-state index is 0.0140. The van der Waals surface area contributed by atoms with Gasteiger partial charge in [0.1, 0.15) is 0 Å². The van der Waals surface area contributed by atoms with Crippen molar-refractivity contribution in [2.45, 2.75) is 70.8 Å². The van der Waals surface area contributed by atoms with E-state index in [0.29, 0.717) is 18.4 Å². The van der Waals surface area contributed by atoms with Gasteiger partial charge in [-0.2, -0.15) is 0 Å². The number of likely N-dealkylation sites (tertiary alicyclic amines) is 1. The maximum Gasteiger partial charge on any atom is 0.236 e. The molecule has 2 N–H and O–H groups in total. The number of carbonyl (C=O) groups is 1. The van der Waals surface area contributed by atoms with Crippen LogP contribution in [-0.2, 0) is 9.53 Å². The van der Waals surface area contributed by atoms with Crippen molar-refractivity contribution in [1.82, 2.24) is 20.2 Å². The Hall–Kier alpha value is -2.70. The number of fused-ring (bicyclic) bond motifs is 1. The van der Waals surface area contributed by atoms with Crippen LogP contribution in [0.5, 0.6) is 0 Å². The van der Waals surface area contributed by atoms with Gasteiger partial charge in [-0.3, -0.25) is 9.78 Å². The minimum Gasteiger partial charge on any atom is -0.381 e. The summed E-state index contributed by atoms with van der Waals surface area (Å²) in [5, 5.41) is 4.83. The fourth-order valence-electron chi connectivity index (χ4n) is 5.87. The number of piperidine rings is 1. The maximum absolute atomic E-state index is 12.9. The fourth-order valence-corrected chi connectivity index (χ4v) is 5.87. The lowest BCUT2D eigenvalue weighted by atomic mass is 9.87. The van der Waals surface area contributed by atoms with E-state index >= 15 is 0 Å². The van der Waals surface area contributed by atoms with Crippen molar-refractivity contribution in [1.29, 1.82) is 0 Å². The predicted octanol–water partition coefficient (Wildman–Crippen LogP) is 5.53. The summed E-state index contributed by atoms with van der Waals surface area (Å²) in [6.07, 6.45) is 5.84. The molecule has 2 fully saturated rings. The first-order valence-corrected chi connectivity index (χ1v) is 13.5. The van der Waals surface area contributed by atoms with Crippen LogP contribution in [0.3, 0.4) is 0 Å². The summed E-state index contributed by atoms with van der Waals surface area (Å²) < 4.78 is 5.48. The zero-order valence-corrected chi connectivity index (χ0v) is 22.2. The first kappa shape index (κ1) is 25.0. The molecular weight excluding hydrogens is 448 g/mol. The van der Waals surface area contributed by atoms with Crippen LogP contribution in [0.2, 0.25) is 0 Å². The van der Waals surface area contributed by atoms with E-state index in [0.717, 1.165) is 57.7 Å². The van der Waals surface area contributed by atoms with Crippen LogP contribution in [0.15, 0.2) is 36.5 Å². The molecule has 0 aliphatic carbocycles. The Morgan fingerprint density at radius 3 is 2.64 bits per heavy atom. The molecule has 0 bridgehead atoms. The third-order valence-electron chi connectivity index (χ3n) is 8.21. The summed E-state index contributed by atoms with van der Waals surface area (Å²) in [4.78, 5) is 23.0. The molecule has 192 valence electrons. The maximum atomic E-state index is 12.9. The number of carbonyl (C=O) groups excluding carboxylic acids is 1.